The van der Waals surface area contributed by atoms with Gasteiger partial charge in [-0.3, -0.25) is 0 Å². The summed E-state index contributed by atoms with van der Waals surface area (Å²) in [6.07, 6.45) is 0. The average molecular weight is 294 g/mol. The molecular weight excluding hydrogens is 288 g/mol. The molecule has 1 heterocycles. The maximum absolute atomic E-state index is 6.02. The summed E-state index contributed by atoms with van der Waals surface area (Å²) in [4.78, 5) is 0.957. The van der Waals surface area contributed by atoms with Gasteiger partial charge in [0.2, 0.25) is 0 Å². The van der Waals surface area contributed by atoms with Crippen molar-refractivity contribution in [2.24, 2.45) is 0 Å². The van der Waals surface area contributed by atoms with Crippen molar-refractivity contribution in [1.82, 2.24) is 0 Å². The van der Waals surface area contributed by atoms with Crippen molar-refractivity contribution in [2.75, 3.05) is 0 Å². The van der Waals surface area contributed by atoms with Crippen LogP contribution in [-0.2, 0) is 5.33 Å². The Bertz CT molecular complexity index is 450. The van der Waals surface area contributed by atoms with Crippen LogP contribution in [0.2, 0.25) is 5.02 Å². The average Bonchev–Trinajstić information content (AvgIpc) is 2.48. The summed E-state index contributed by atoms with van der Waals surface area (Å²) in [5, 5.41) is 4.67. The first kappa shape index (κ1) is 9.84. The van der Waals surface area contributed by atoms with Crippen molar-refractivity contribution in [3.05, 3.63) is 28.1 Å². The number of alkyl halides is 1. The number of thiophene rings is 1. The van der Waals surface area contributed by atoms with Gasteiger partial charge < -0.3 is 0 Å². The Morgan fingerprint density at radius 2 is 2.23 bits per heavy atom. The topological polar surface area (TPSA) is 0 Å². The van der Waals surface area contributed by atoms with Crippen molar-refractivity contribution in [3.8, 4) is 0 Å². The smallest absolute Gasteiger partial charge is 0.0602 e. The van der Waals surface area contributed by atoms with Crippen LogP contribution in [0.1, 0.15) is 5.56 Å². The van der Waals surface area contributed by atoms with Gasteiger partial charge in [0, 0.05) is 25.7 Å². The Kier molecular flexibility index (Phi) is 2.88. The van der Waals surface area contributed by atoms with E-state index in [1.54, 1.807) is 11.3 Å². The zero-order valence-electron chi connectivity index (χ0n) is 6.55. The zero-order valence-corrected chi connectivity index (χ0v) is 10.6. The van der Waals surface area contributed by atoms with E-state index in [0.717, 1.165) is 20.6 Å². The van der Waals surface area contributed by atoms with Gasteiger partial charge in [0.25, 0.3) is 0 Å². The number of benzene rings is 1. The summed E-state index contributed by atoms with van der Waals surface area (Å²) in [5.41, 5.74) is 1.23. The molecule has 0 radical (unpaired) electrons. The lowest BCUT2D eigenvalue weighted by atomic mass is 10.2. The highest BCUT2D eigenvalue weighted by Gasteiger charge is 2.06. The van der Waals surface area contributed by atoms with E-state index in [1.165, 1.54) is 10.3 Å². The number of halogens is 2. The Balaban J connectivity index is 2.79. The van der Waals surface area contributed by atoms with Gasteiger partial charge in [0.15, 0.2) is 0 Å². The molecule has 0 saturated carbocycles. The molecule has 0 fully saturated rings. The third kappa shape index (κ3) is 1.75. The number of thiol groups is 1. The second-order valence-electron chi connectivity index (χ2n) is 2.71. The van der Waals surface area contributed by atoms with Crippen molar-refractivity contribution in [1.29, 1.82) is 0 Å². The van der Waals surface area contributed by atoms with E-state index in [2.05, 4.69) is 34.6 Å². The largest absolute Gasteiger partial charge is 0.143 e. The van der Waals surface area contributed by atoms with Crippen LogP contribution < -0.4 is 0 Å². The quantitative estimate of drug-likeness (QED) is 0.570. The number of fused-ring (bicyclic) bond motifs is 1. The minimum absolute atomic E-state index is 0.797. The normalized spacial score (nSPS) is 11.0. The number of rotatable bonds is 1. The maximum atomic E-state index is 6.02. The summed E-state index contributed by atoms with van der Waals surface area (Å²) in [6.45, 7) is 0. The number of hydrogen-bond acceptors (Lipinski definition) is 2. The Morgan fingerprint density at radius 3 is 2.92 bits per heavy atom. The lowest BCUT2D eigenvalue weighted by molar-refractivity contribution is 1.41. The molecule has 1 aromatic carbocycles. The molecule has 0 aliphatic carbocycles. The van der Waals surface area contributed by atoms with E-state index in [-0.39, 0.29) is 0 Å². The monoisotopic (exact) mass is 292 g/mol. The standard InChI is InChI=1S/C9H6BrClS2/c10-3-5-1-7(12)9-6(11)4-13-8(9)2-5/h1-2,4,12H,3H2. The molecule has 4 heteroatoms. The lowest BCUT2D eigenvalue weighted by Gasteiger charge is -2.00. The van der Waals surface area contributed by atoms with Crippen LogP contribution in [0.25, 0.3) is 10.1 Å². The van der Waals surface area contributed by atoms with Gasteiger partial charge >= 0.3 is 0 Å². The molecule has 2 aromatic rings. The highest BCUT2D eigenvalue weighted by atomic mass is 79.9. The van der Waals surface area contributed by atoms with E-state index in [1.807, 2.05) is 11.4 Å². The summed E-state index contributed by atoms with van der Waals surface area (Å²) >= 11 is 15.5. The van der Waals surface area contributed by atoms with Crippen LogP contribution >= 0.6 is 51.5 Å². The van der Waals surface area contributed by atoms with Gasteiger partial charge in [-0.2, -0.15) is 0 Å². The van der Waals surface area contributed by atoms with Crippen molar-refractivity contribution in [3.63, 3.8) is 0 Å². The van der Waals surface area contributed by atoms with Crippen LogP contribution in [0.4, 0.5) is 0 Å². The van der Waals surface area contributed by atoms with Gasteiger partial charge in [-0.25, -0.2) is 0 Å². The number of hydrogen-bond donors (Lipinski definition) is 1. The molecule has 0 amide bonds. The zero-order chi connectivity index (χ0) is 9.42. The Hall–Kier alpha value is 0.300. The second-order valence-corrected chi connectivity index (χ2v) is 5.07. The predicted molar refractivity (Wildman–Crippen MR) is 66.7 cm³/mol. The van der Waals surface area contributed by atoms with Crippen LogP contribution in [-0.4, -0.2) is 0 Å². The molecule has 0 aliphatic heterocycles. The minimum Gasteiger partial charge on any atom is -0.143 e. The van der Waals surface area contributed by atoms with Crippen molar-refractivity contribution in [2.45, 2.75) is 10.2 Å². The molecule has 0 aliphatic rings. The molecule has 13 heavy (non-hydrogen) atoms. The lowest BCUT2D eigenvalue weighted by Crippen LogP contribution is -1.77. The van der Waals surface area contributed by atoms with E-state index in [4.69, 9.17) is 11.6 Å². The maximum Gasteiger partial charge on any atom is 0.0602 e. The summed E-state index contributed by atoms with van der Waals surface area (Å²) in [6, 6.07) is 4.18. The van der Waals surface area contributed by atoms with Crippen LogP contribution in [0, 0.1) is 0 Å². The van der Waals surface area contributed by atoms with Gasteiger partial charge in [-0.1, -0.05) is 27.5 Å². The SMILES string of the molecule is Sc1cc(CBr)cc2scc(Cl)c12. The first-order valence-corrected chi connectivity index (χ1v) is 6.49. The summed E-state index contributed by atoms with van der Waals surface area (Å²) in [5.74, 6) is 0. The van der Waals surface area contributed by atoms with E-state index in [9.17, 15) is 0 Å². The molecule has 1 aromatic heterocycles. The molecule has 68 valence electrons. The van der Waals surface area contributed by atoms with Gasteiger partial charge in [0.1, 0.15) is 0 Å². The molecule has 0 nitrogen and oxygen atoms in total. The predicted octanol–water partition coefficient (Wildman–Crippen LogP) is 4.74. The third-order valence-electron chi connectivity index (χ3n) is 1.82. The first-order valence-electron chi connectivity index (χ1n) is 3.67. The van der Waals surface area contributed by atoms with Crippen molar-refractivity contribution < 1.29 is 0 Å². The van der Waals surface area contributed by atoms with Gasteiger partial charge in [-0.15, -0.1) is 24.0 Å². The van der Waals surface area contributed by atoms with Crippen LogP contribution in [0.3, 0.4) is 0 Å². The molecular formula is C9H6BrClS2. The molecule has 0 spiro atoms. The van der Waals surface area contributed by atoms with Gasteiger partial charge in [0.05, 0.1) is 5.02 Å². The highest BCUT2D eigenvalue weighted by Crippen LogP contribution is 2.35. The van der Waals surface area contributed by atoms with Gasteiger partial charge in [-0.05, 0) is 17.7 Å². The molecule has 0 saturated heterocycles. The fraction of sp³-hybridized carbons (Fsp3) is 0.111. The third-order valence-corrected chi connectivity index (χ3v) is 4.18. The van der Waals surface area contributed by atoms with E-state index < -0.39 is 0 Å². The summed E-state index contributed by atoms with van der Waals surface area (Å²) < 4.78 is 1.20. The highest BCUT2D eigenvalue weighted by molar-refractivity contribution is 9.08. The minimum atomic E-state index is 0.797. The Labute approximate surface area is 99.4 Å². The molecule has 0 N–H and O–H groups in total. The first-order chi connectivity index (χ1) is 6.22. The fourth-order valence-corrected chi connectivity index (χ4v) is 3.41. The Morgan fingerprint density at radius 1 is 1.46 bits per heavy atom. The molecule has 0 unspecified atom stereocenters. The van der Waals surface area contributed by atoms with Crippen molar-refractivity contribution >= 4 is 61.6 Å². The molecule has 0 atom stereocenters. The van der Waals surface area contributed by atoms with E-state index >= 15 is 0 Å². The summed E-state index contributed by atoms with van der Waals surface area (Å²) in [7, 11) is 0. The fourth-order valence-electron chi connectivity index (χ4n) is 1.24. The molecule has 2 rings (SSSR count). The van der Waals surface area contributed by atoms with Crippen LogP contribution in [0.5, 0.6) is 0 Å². The van der Waals surface area contributed by atoms with E-state index in [0.29, 0.717) is 0 Å². The molecule has 0 bridgehead atoms. The van der Waals surface area contributed by atoms with Crippen LogP contribution in [0.15, 0.2) is 22.4 Å². The second kappa shape index (κ2) is 3.81.